The summed E-state index contributed by atoms with van der Waals surface area (Å²) in [4.78, 5) is 51.0. The molecule has 2 unspecified atom stereocenters. The zero-order chi connectivity index (χ0) is 21.6. The first-order valence-electron chi connectivity index (χ1n) is 10.9. The Kier molecular flexibility index (Phi) is 5.11. The zero-order valence-corrected chi connectivity index (χ0v) is 17.2. The molecule has 3 saturated heterocycles. The summed E-state index contributed by atoms with van der Waals surface area (Å²) in [6.07, 6.45) is 3.05. The average molecular weight is 426 g/mol. The lowest BCUT2D eigenvalue weighted by molar-refractivity contribution is -0.136. The molecule has 3 fully saturated rings. The van der Waals surface area contributed by atoms with E-state index in [1.807, 2.05) is 6.07 Å². The number of nitrogens with zero attached hydrogens (tertiary/aromatic N) is 1. The molecule has 4 amide bonds. The third-order valence-electron chi connectivity index (χ3n) is 6.97. The van der Waals surface area contributed by atoms with Crippen LogP contribution in [0.1, 0.15) is 58.4 Å². The van der Waals surface area contributed by atoms with Crippen LogP contribution in [0.2, 0.25) is 0 Å². The van der Waals surface area contributed by atoms with E-state index in [1.165, 1.54) is 0 Å². The van der Waals surface area contributed by atoms with Gasteiger partial charge < -0.3 is 15.4 Å². The van der Waals surface area contributed by atoms with Gasteiger partial charge in [-0.25, -0.2) is 0 Å². The Bertz CT molecular complexity index is 955. The van der Waals surface area contributed by atoms with Crippen molar-refractivity contribution in [2.24, 2.45) is 0 Å². The second kappa shape index (κ2) is 7.81. The summed E-state index contributed by atoms with van der Waals surface area (Å²) in [5.74, 6) is -1.92. The molecule has 3 N–H and O–H groups in total. The molecular formula is C22H26N4O5. The summed E-state index contributed by atoms with van der Waals surface area (Å²) < 4.78 is 6.13. The van der Waals surface area contributed by atoms with E-state index in [9.17, 15) is 19.2 Å². The molecule has 9 nitrogen and oxygen atoms in total. The molecule has 0 bridgehead atoms. The largest absolute Gasteiger partial charge is 0.373 e. The van der Waals surface area contributed by atoms with E-state index in [-0.39, 0.29) is 30.4 Å². The molecule has 0 radical (unpaired) electrons. The Morgan fingerprint density at radius 3 is 2.68 bits per heavy atom. The number of fused-ring (bicyclic) bond motifs is 1. The normalized spacial score (nSPS) is 27.7. The predicted molar refractivity (Wildman–Crippen MR) is 109 cm³/mol. The van der Waals surface area contributed by atoms with Crippen LogP contribution in [0.15, 0.2) is 18.2 Å². The van der Waals surface area contributed by atoms with E-state index in [4.69, 9.17) is 4.74 Å². The summed E-state index contributed by atoms with van der Waals surface area (Å²) in [5, 5.41) is 9.17. The molecule has 4 aliphatic heterocycles. The third-order valence-corrected chi connectivity index (χ3v) is 6.97. The summed E-state index contributed by atoms with van der Waals surface area (Å²) in [6.45, 7) is 3.00. The average Bonchev–Trinajstić information content (AvgIpc) is 3.26. The highest BCUT2D eigenvalue weighted by atomic mass is 16.5. The van der Waals surface area contributed by atoms with Gasteiger partial charge in [0.1, 0.15) is 6.04 Å². The molecule has 5 rings (SSSR count). The van der Waals surface area contributed by atoms with Crippen LogP contribution in [0.3, 0.4) is 0 Å². The molecule has 1 aromatic rings. The molecule has 164 valence electrons. The van der Waals surface area contributed by atoms with Crippen molar-refractivity contribution < 1.29 is 23.9 Å². The van der Waals surface area contributed by atoms with Gasteiger partial charge in [-0.3, -0.25) is 29.4 Å². The fourth-order valence-corrected chi connectivity index (χ4v) is 5.34. The highest BCUT2D eigenvalue weighted by molar-refractivity contribution is 6.24. The Labute approximate surface area is 179 Å². The van der Waals surface area contributed by atoms with Crippen molar-refractivity contribution in [1.82, 2.24) is 20.9 Å². The molecule has 4 heterocycles. The van der Waals surface area contributed by atoms with E-state index < -0.39 is 23.8 Å². The molecule has 0 aromatic heterocycles. The van der Waals surface area contributed by atoms with E-state index >= 15 is 0 Å². The SMILES string of the molecule is O=C1CCC(N2C(=O)c3cccc(CNC4CCOC45CCNCC5)c3C2=O)C(=O)N1. The van der Waals surface area contributed by atoms with Crippen LogP contribution in [-0.2, 0) is 20.9 Å². The van der Waals surface area contributed by atoms with Gasteiger partial charge >= 0.3 is 0 Å². The lowest BCUT2D eigenvalue weighted by Crippen LogP contribution is -2.54. The van der Waals surface area contributed by atoms with Gasteiger partial charge in [0, 0.05) is 25.6 Å². The van der Waals surface area contributed by atoms with Crippen molar-refractivity contribution in [3.8, 4) is 0 Å². The fraction of sp³-hybridized carbons (Fsp3) is 0.545. The van der Waals surface area contributed by atoms with Crippen LogP contribution in [0.5, 0.6) is 0 Å². The Morgan fingerprint density at radius 1 is 1.10 bits per heavy atom. The number of hydrogen-bond acceptors (Lipinski definition) is 7. The van der Waals surface area contributed by atoms with Crippen LogP contribution < -0.4 is 16.0 Å². The minimum atomic E-state index is -0.952. The topological polar surface area (TPSA) is 117 Å². The predicted octanol–water partition coefficient (Wildman–Crippen LogP) is 0.0885. The molecule has 4 aliphatic rings. The molecule has 0 saturated carbocycles. The highest BCUT2D eigenvalue weighted by Gasteiger charge is 2.47. The van der Waals surface area contributed by atoms with Gasteiger partial charge in [0.2, 0.25) is 11.8 Å². The molecule has 9 heteroatoms. The molecule has 1 spiro atoms. The van der Waals surface area contributed by atoms with Gasteiger partial charge in [-0.05, 0) is 50.4 Å². The number of rotatable bonds is 4. The van der Waals surface area contributed by atoms with Gasteiger partial charge in [-0.2, -0.15) is 0 Å². The molecule has 1 aromatic carbocycles. The Hall–Kier alpha value is -2.62. The third kappa shape index (κ3) is 3.37. The number of nitrogens with one attached hydrogen (secondary N) is 3. The van der Waals surface area contributed by atoms with E-state index in [2.05, 4.69) is 16.0 Å². The van der Waals surface area contributed by atoms with Crippen LogP contribution in [-0.4, -0.2) is 65.9 Å². The van der Waals surface area contributed by atoms with Crippen molar-refractivity contribution in [2.75, 3.05) is 19.7 Å². The van der Waals surface area contributed by atoms with Crippen molar-refractivity contribution in [3.63, 3.8) is 0 Å². The number of carbonyl (C=O) groups excluding carboxylic acids is 4. The van der Waals surface area contributed by atoms with Crippen LogP contribution in [0.25, 0.3) is 0 Å². The maximum atomic E-state index is 13.2. The Balaban J connectivity index is 1.36. The first kappa shape index (κ1) is 20.3. The fourth-order valence-electron chi connectivity index (χ4n) is 5.34. The summed E-state index contributed by atoms with van der Waals surface area (Å²) >= 11 is 0. The molecule has 0 aliphatic carbocycles. The number of imide groups is 2. The minimum absolute atomic E-state index is 0.108. The molecule has 2 atom stereocenters. The van der Waals surface area contributed by atoms with Gasteiger partial charge in [0.05, 0.1) is 16.7 Å². The summed E-state index contributed by atoms with van der Waals surface area (Å²) in [6, 6.07) is 4.46. The zero-order valence-electron chi connectivity index (χ0n) is 17.2. The summed E-state index contributed by atoms with van der Waals surface area (Å²) in [5.41, 5.74) is 1.22. The second-order valence-corrected chi connectivity index (χ2v) is 8.67. The number of amides is 4. The second-order valence-electron chi connectivity index (χ2n) is 8.67. The molecule has 31 heavy (non-hydrogen) atoms. The highest BCUT2D eigenvalue weighted by Crippen LogP contribution is 2.35. The van der Waals surface area contributed by atoms with Crippen molar-refractivity contribution >= 4 is 23.6 Å². The van der Waals surface area contributed by atoms with Gasteiger partial charge in [0.15, 0.2) is 0 Å². The standard InChI is InChI=1S/C22H26N4O5/c27-17-5-4-15(19(28)25-17)26-20(29)14-3-1-2-13(18(14)21(26)30)12-24-16-6-11-31-22(16)7-9-23-10-8-22/h1-3,15-16,23-24H,4-12H2,(H,25,27,28). The molecular weight excluding hydrogens is 400 g/mol. The van der Waals surface area contributed by atoms with Crippen molar-refractivity contribution in [1.29, 1.82) is 0 Å². The van der Waals surface area contributed by atoms with Crippen LogP contribution >= 0.6 is 0 Å². The maximum absolute atomic E-state index is 13.2. The van der Waals surface area contributed by atoms with Gasteiger partial charge in [-0.1, -0.05) is 12.1 Å². The van der Waals surface area contributed by atoms with E-state index in [1.54, 1.807) is 12.1 Å². The quantitative estimate of drug-likeness (QED) is 0.584. The van der Waals surface area contributed by atoms with Crippen LogP contribution in [0.4, 0.5) is 0 Å². The number of ether oxygens (including phenoxy) is 1. The first-order chi connectivity index (χ1) is 15.0. The van der Waals surface area contributed by atoms with Crippen LogP contribution in [0, 0.1) is 0 Å². The number of hydrogen-bond donors (Lipinski definition) is 3. The first-order valence-corrected chi connectivity index (χ1v) is 10.9. The lowest BCUT2D eigenvalue weighted by atomic mass is 9.85. The smallest absolute Gasteiger partial charge is 0.262 e. The summed E-state index contributed by atoms with van der Waals surface area (Å²) in [7, 11) is 0. The van der Waals surface area contributed by atoms with Crippen molar-refractivity contribution in [2.45, 2.75) is 56.3 Å². The van der Waals surface area contributed by atoms with Gasteiger partial charge in [-0.15, -0.1) is 0 Å². The maximum Gasteiger partial charge on any atom is 0.262 e. The number of benzene rings is 1. The number of carbonyl (C=O) groups is 4. The monoisotopic (exact) mass is 426 g/mol. The van der Waals surface area contributed by atoms with Crippen molar-refractivity contribution in [3.05, 3.63) is 34.9 Å². The van der Waals surface area contributed by atoms with E-state index in [0.29, 0.717) is 24.3 Å². The lowest BCUT2D eigenvalue weighted by Gasteiger charge is -2.38. The number of piperidine rings is 2. The van der Waals surface area contributed by atoms with E-state index in [0.717, 1.165) is 42.8 Å². The van der Waals surface area contributed by atoms with Gasteiger partial charge in [0.25, 0.3) is 11.8 Å². The Morgan fingerprint density at radius 2 is 1.90 bits per heavy atom. The minimum Gasteiger partial charge on any atom is -0.373 e.